The van der Waals surface area contributed by atoms with Crippen molar-refractivity contribution >= 4 is 51.1 Å². The van der Waals surface area contributed by atoms with Crippen LogP contribution in [0.3, 0.4) is 0 Å². The van der Waals surface area contributed by atoms with Gasteiger partial charge in [0.05, 0.1) is 26.4 Å². The molecule has 1 saturated heterocycles. The van der Waals surface area contributed by atoms with E-state index < -0.39 is 0 Å². The number of halogens is 2. The molecular formula is C12H14I2N2O3. The third-order valence-electron chi connectivity index (χ3n) is 3.00. The van der Waals surface area contributed by atoms with Crippen molar-refractivity contribution in [2.75, 3.05) is 19.8 Å². The van der Waals surface area contributed by atoms with Gasteiger partial charge < -0.3 is 14.2 Å². The van der Waals surface area contributed by atoms with Crippen LogP contribution < -0.4 is 5.43 Å². The number of carbonyl (C=O) groups is 1. The highest BCUT2D eigenvalue weighted by atomic mass is 127. The van der Waals surface area contributed by atoms with Crippen molar-refractivity contribution in [2.24, 2.45) is 0 Å². The summed E-state index contributed by atoms with van der Waals surface area (Å²) in [4.78, 5) is 25.7. The molecule has 0 N–H and O–H groups in total. The van der Waals surface area contributed by atoms with Crippen LogP contribution in [-0.4, -0.2) is 41.2 Å². The van der Waals surface area contributed by atoms with E-state index in [-0.39, 0.29) is 23.9 Å². The number of hydrogen-bond acceptors (Lipinski definition) is 3. The molecule has 0 aliphatic carbocycles. The zero-order chi connectivity index (χ0) is 14.0. The minimum Gasteiger partial charge on any atom is -0.377 e. The molecule has 0 radical (unpaired) electrons. The Morgan fingerprint density at radius 1 is 1.42 bits per heavy atom. The normalized spacial score (nSPS) is 19.5. The first kappa shape index (κ1) is 15.2. The van der Waals surface area contributed by atoms with Crippen molar-refractivity contribution in [3.8, 4) is 0 Å². The zero-order valence-corrected chi connectivity index (χ0v) is 14.8. The van der Waals surface area contributed by atoms with Crippen LogP contribution >= 0.6 is 45.2 Å². The number of morpholine rings is 1. The molecule has 1 atom stereocenters. The maximum atomic E-state index is 12.3. The summed E-state index contributed by atoms with van der Waals surface area (Å²) in [5.74, 6) is 0.0612. The van der Waals surface area contributed by atoms with Gasteiger partial charge in [-0.05, 0) is 52.1 Å². The van der Waals surface area contributed by atoms with Crippen LogP contribution in [0, 0.1) is 7.14 Å². The van der Waals surface area contributed by atoms with E-state index in [1.807, 2.05) is 57.0 Å². The fourth-order valence-electron chi connectivity index (χ4n) is 2.00. The number of hydrogen-bond donors (Lipinski definition) is 0. The highest BCUT2D eigenvalue weighted by molar-refractivity contribution is 14.1. The maximum Gasteiger partial charge on any atom is 0.242 e. The predicted molar refractivity (Wildman–Crippen MR) is 88.1 cm³/mol. The second-order valence-electron chi connectivity index (χ2n) is 4.47. The smallest absolute Gasteiger partial charge is 0.242 e. The van der Waals surface area contributed by atoms with Crippen LogP contribution in [0.25, 0.3) is 0 Å². The second-order valence-corrected chi connectivity index (χ2v) is 6.79. The van der Waals surface area contributed by atoms with Gasteiger partial charge in [-0.25, -0.2) is 0 Å². The number of pyridine rings is 1. The molecule has 5 nitrogen and oxygen atoms in total. The highest BCUT2D eigenvalue weighted by Crippen LogP contribution is 2.09. The van der Waals surface area contributed by atoms with Crippen molar-refractivity contribution in [3.05, 3.63) is 29.8 Å². The molecule has 104 valence electrons. The van der Waals surface area contributed by atoms with Crippen molar-refractivity contribution in [3.63, 3.8) is 0 Å². The summed E-state index contributed by atoms with van der Waals surface area (Å²) in [6.45, 7) is 4.06. The van der Waals surface area contributed by atoms with Gasteiger partial charge in [0, 0.05) is 18.9 Å². The van der Waals surface area contributed by atoms with E-state index >= 15 is 0 Å². The van der Waals surface area contributed by atoms with Crippen molar-refractivity contribution < 1.29 is 9.53 Å². The summed E-state index contributed by atoms with van der Waals surface area (Å²) in [5.41, 5.74) is 0.0182. The molecule has 2 heterocycles. The van der Waals surface area contributed by atoms with Crippen LogP contribution in [0.1, 0.15) is 6.92 Å². The Bertz CT molecular complexity index is 518. The number of nitrogens with zero attached hydrogens (tertiary/aromatic N) is 2. The van der Waals surface area contributed by atoms with E-state index in [9.17, 15) is 9.59 Å². The molecule has 19 heavy (non-hydrogen) atoms. The average molecular weight is 488 g/mol. The lowest BCUT2D eigenvalue weighted by Gasteiger charge is -2.33. The largest absolute Gasteiger partial charge is 0.377 e. The van der Waals surface area contributed by atoms with Gasteiger partial charge in [0.2, 0.25) is 11.3 Å². The molecule has 2 rings (SSSR count). The number of carbonyl (C=O) groups excluding carboxylic acids is 1. The van der Waals surface area contributed by atoms with Gasteiger partial charge in [-0.3, -0.25) is 9.59 Å². The number of amides is 1. The predicted octanol–water partition coefficient (Wildman–Crippen LogP) is 1.30. The third kappa shape index (κ3) is 3.69. The van der Waals surface area contributed by atoms with Crippen LogP contribution in [-0.2, 0) is 16.1 Å². The number of rotatable bonds is 2. The van der Waals surface area contributed by atoms with Crippen LogP contribution in [0.4, 0.5) is 0 Å². The Morgan fingerprint density at radius 3 is 2.63 bits per heavy atom. The van der Waals surface area contributed by atoms with E-state index in [1.165, 1.54) is 0 Å². The van der Waals surface area contributed by atoms with E-state index in [1.54, 1.807) is 17.0 Å². The summed E-state index contributed by atoms with van der Waals surface area (Å²) in [5, 5.41) is 0. The van der Waals surface area contributed by atoms with E-state index in [2.05, 4.69) is 0 Å². The third-order valence-corrected chi connectivity index (χ3v) is 4.53. The zero-order valence-electron chi connectivity index (χ0n) is 10.4. The standard InChI is InChI=1S/C12H14I2N2O3/c1-8-7-19-3-2-16(8)11(17)6-15-4-9(13)12(18)10(14)5-15/h4-5,8H,2-3,6-7H2,1H3. The van der Waals surface area contributed by atoms with Gasteiger partial charge in [-0.2, -0.15) is 0 Å². The fourth-order valence-corrected chi connectivity index (χ4v) is 3.81. The first-order chi connectivity index (χ1) is 8.99. The summed E-state index contributed by atoms with van der Waals surface area (Å²) in [6, 6.07) is 0.110. The van der Waals surface area contributed by atoms with Crippen molar-refractivity contribution in [2.45, 2.75) is 19.5 Å². The Hall–Kier alpha value is -0.160. The molecule has 0 aromatic carbocycles. The molecule has 1 fully saturated rings. The maximum absolute atomic E-state index is 12.3. The van der Waals surface area contributed by atoms with Crippen LogP contribution in [0.15, 0.2) is 17.2 Å². The molecule has 1 amide bonds. The molecular weight excluding hydrogens is 474 g/mol. The molecule has 7 heteroatoms. The lowest BCUT2D eigenvalue weighted by Crippen LogP contribution is -2.48. The first-order valence-electron chi connectivity index (χ1n) is 5.91. The van der Waals surface area contributed by atoms with E-state index in [4.69, 9.17) is 4.74 Å². The van der Waals surface area contributed by atoms with Crippen LogP contribution in [0.2, 0.25) is 0 Å². The summed E-state index contributed by atoms with van der Waals surface area (Å²) >= 11 is 4.00. The lowest BCUT2D eigenvalue weighted by atomic mass is 10.2. The molecule has 1 unspecified atom stereocenters. The number of ether oxygens (including phenoxy) is 1. The average Bonchev–Trinajstić information content (AvgIpc) is 2.36. The fraction of sp³-hybridized carbons (Fsp3) is 0.500. The van der Waals surface area contributed by atoms with Crippen molar-refractivity contribution in [1.82, 2.24) is 9.47 Å². The van der Waals surface area contributed by atoms with Gasteiger partial charge in [0.1, 0.15) is 6.54 Å². The molecule has 0 saturated carbocycles. The van der Waals surface area contributed by atoms with E-state index in [0.29, 0.717) is 26.9 Å². The molecule has 0 spiro atoms. The van der Waals surface area contributed by atoms with Gasteiger partial charge in [0.25, 0.3) is 0 Å². The van der Waals surface area contributed by atoms with Gasteiger partial charge in [-0.1, -0.05) is 0 Å². The molecule has 1 aliphatic heterocycles. The van der Waals surface area contributed by atoms with Gasteiger partial charge in [0.15, 0.2) is 0 Å². The van der Waals surface area contributed by atoms with Crippen molar-refractivity contribution in [1.29, 1.82) is 0 Å². The van der Waals surface area contributed by atoms with Crippen LogP contribution in [0.5, 0.6) is 0 Å². The summed E-state index contributed by atoms with van der Waals surface area (Å²) in [7, 11) is 0. The summed E-state index contributed by atoms with van der Waals surface area (Å²) < 4.78 is 8.36. The first-order valence-corrected chi connectivity index (χ1v) is 8.07. The number of aromatic nitrogens is 1. The molecule has 0 bridgehead atoms. The summed E-state index contributed by atoms with van der Waals surface area (Å²) in [6.07, 6.45) is 3.43. The topological polar surface area (TPSA) is 51.5 Å². The minimum atomic E-state index is 0.0182. The molecule has 1 aromatic heterocycles. The van der Waals surface area contributed by atoms with Gasteiger partial charge in [-0.15, -0.1) is 0 Å². The molecule has 1 aliphatic rings. The lowest BCUT2D eigenvalue weighted by molar-refractivity contribution is -0.139. The second kappa shape index (κ2) is 6.53. The highest BCUT2D eigenvalue weighted by Gasteiger charge is 2.23. The molecule has 1 aromatic rings. The van der Waals surface area contributed by atoms with Gasteiger partial charge >= 0.3 is 0 Å². The minimum absolute atomic E-state index is 0.0182. The Labute approximate surface area is 138 Å². The Balaban J connectivity index is 2.12. The monoisotopic (exact) mass is 488 g/mol. The quantitative estimate of drug-likeness (QED) is 0.591. The Morgan fingerprint density at radius 2 is 2.05 bits per heavy atom. The Kier molecular flexibility index (Phi) is 5.23. The van der Waals surface area contributed by atoms with E-state index in [0.717, 1.165) is 0 Å². The SMILES string of the molecule is CC1COCCN1C(=O)Cn1cc(I)c(=O)c(I)c1.